The summed E-state index contributed by atoms with van der Waals surface area (Å²) in [5, 5.41) is 1.22. The van der Waals surface area contributed by atoms with Gasteiger partial charge in [-0.05, 0) is 42.7 Å². The lowest BCUT2D eigenvalue weighted by Gasteiger charge is -2.15. The molecule has 0 saturated carbocycles. The second-order valence-electron chi connectivity index (χ2n) is 7.67. The highest BCUT2D eigenvalue weighted by molar-refractivity contribution is 9.10. The normalized spacial score (nSPS) is 11.6. The standard InChI is InChI=1S/C22H21BrN4O2S/c1-13(2)10-27-21(29)17-8-15(23)5-6-18(17)25-22(27)30-12-16-9-20(28)26-11-14(3)4-7-19(26)24-16/h4-9,11,13H,10,12H2,1-3H3. The Morgan fingerprint density at radius 2 is 1.90 bits per heavy atom. The minimum Gasteiger partial charge on any atom is -0.287 e. The number of pyridine rings is 1. The predicted octanol–water partition coefficient (Wildman–Crippen LogP) is 4.42. The Labute approximate surface area is 186 Å². The second kappa shape index (κ2) is 8.35. The van der Waals surface area contributed by atoms with Crippen LogP contribution in [0.25, 0.3) is 16.6 Å². The zero-order chi connectivity index (χ0) is 21.4. The summed E-state index contributed by atoms with van der Waals surface area (Å²) in [6.45, 7) is 6.65. The van der Waals surface area contributed by atoms with Gasteiger partial charge in [0.25, 0.3) is 11.1 Å². The van der Waals surface area contributed by atoms with E-state index >= 15 is 0 Å². The summed E-state index contributed by atoms with van der Waals surface area (Å²) in [5.74, 6) is 0.742. The van der Waals surface area contributed by atoms with Crippen molar-refractivity contribution in [3.63, 3.8) is 0 Å². The summed E-state index contributed by atoms with van der Waals surface area (Å²) in [7, 11) is 0. The van der Waals surface area contributed by atoms with Gasteiger partial charge in [0.2, 0.25) is 0 Å². The number of thioether (sulfide) groups is 1. The average Bonchev–Trinajstić information content (AvgIpc) is 2.69. The Kier molecular flexibility index (Phi) is 5.79. The summed E-state index contributed by atoms with van der Waals surface area (Å²) in [6.07, 6.45) is 1.78. The van der Waals surface area contributed by atoms with Crippen LogP contribution in [-0.2, 0) is 12.3 Å². The van der Waals surface area contributed by atoms with Gasteiger partial charge in [-0.1, -0.05) is 47.6 Å². The first-order valence-corrected chi connectivity index (χ1v) is 11.4. The molecule has 0 fully saturated rings. The molecule has 0 radical (unpaired) electrons. The molecule has 0 aliphatic carbocycles. The fourth-order valence-electron chi connectivity index (χ4n) is 3.28. The molecule has 0 unspecified atom stereocenters. The monoisotopic (exact) mass is 484 g/mol. The van der Waals surface area contributed by atoms with Crippen LogP contribution < -0.4 is 11.1 Å². The van der Waals surface area contributed by atoms with Crippen LogP contribution >= 0.6 is 27.7 Å². The molecule has 4 aromatic rings. The third kappa shape index (κ3) is 4.20. The van der Waals surface area contributed by atoms with E-state index in [0.29, 0.717) is 45.6 Å². The largest absolute Gasteiger partial charge is 0.287 e. The van der Waals surface area contributed by atoms with E-state index in [0.717, 1.165) is 10.0 Å². The van der Waals surface area contributed by atoms with Gasteiger partial charge in [-0.15, -0.1) is 0 Å². The minimum absolute atomic E-state index is 0.0560. The Balaban J connectivity index is 1.74. The Hall–Kier alpha value is -2.45. The van der Waals surface area contributed by atoms with E-state index in [1.165, 1.54) is 11.8 Å². The van der Waals surface area contributed by atoms with Crippen LogP contribution in [0, 0.1) is 12.8 Å². The van der Waals surface area contributed by atoms with E-state index < -0.39 is 0 Å². The Bertz CT molecular complexity index is 1380. The molecule has 154 valence electrons. The van der Waals surface area contributed by atoms with Crippen LogP contribution in [0.2, 0.25) is 0 Å². The van der Waals surface area contributed by atoms with E-state index in [4.69, 9.17) is 4.98 Å². The highest BCUT2D eigenvalue weighted by Gasteiger charge is 2.14. The first-order valence-electron chi connectivity index (χ1n) is 9.63. The number of halogens is 1. The van der Waals surface area contributed by atoms with Crippen LogP contribution in [0.3, 0.4) is 0 Å². The highest BCUT2D eigenvalue weighted by atomic mass is 79.9. The number of fused-ring (bicyclic) bond motifs is 2. The van der Waals surface area contributed by atoms with Gasteiger partial charge in [-0.2, -0.15) is 0 Å². The van der Waals surface area contributed by atoms with Crippen LogP contribution in [0.15, 0.2) is 61.8 Å². The van der Waals surface area contributed by atoms with Gasteiger partial charge in [0.1, 0.15) is 5.65 Å². The molecule has 6 nitrogen and oxygen atoms in total. The van der Waals surface area contributed by atoms with Gasteiger partial charge in [0.15, 0.2) is 5.16 Å². The number of benzene rings is 1. The van der Waals surface area contributed by atoms with Gasteiger partial charge in [0, 0.05) is 29.0 Å². The molecular weight excluding hydrogens is 464 g/mol. The van der Waals surface area contributed by atoms with Crippen LogP contribution in [0.1, 0.15) is 25.1 Å². The predicted molar refractivity (Wildman–Crippen MR) is 124 cm³/mol. The molecule has 0 aliphatic heterocycles. The Morgan fingerprint density at radius 3 is 2.67 bits per heavy atom. The van der Waals surface area contributed by atoms with Gasteiger partial charge < -0.3 is 0 Å². The number of nitrogens with zero attached hydrogens (tertiary/aromatic N) is 4. The molecule has 0 N–H and O–H groups in total. The van der Waals surface area contributed by atoms with Crippen molar-refractivity contribution in [2.45, 2.75) is 38.2 Å². The molecule has 0 amide bonds. The SMILES string of the molecule is Cc1ccc2nc(CSc3nc4ccc(Br)cc4c(=O)n3CC(C)C)cc(=O)n2c1. The minimum atomic E-state index is -0.116. The molecule has 8 heteroatoms. The lowest BCUT2D eigenvalue weighted by atomic mass is 10.2. The number of aromatic nitrogens is 4. The van der Waals surface area contributed by atoms with Crippen molar-refractivity contribution in [1.29, 1.82) is 0 Å². The maximum atomic E-state index is 13.1. The van der Waals surface area contributed by atoms with E-state index in [2.05, 4.69) is 34.8 Å². The summed E-state index contributed by atoms with van der Waals surface area (Å²) in [5.41, 5.74) is 2.76. The molecule has 0 bridgehead atoms. The van der Waals surface area contributed by atoms with Crippen molar-refractivity contribution in [1.82, 2.24) is 18.9 Å². The summed E-state index contributed by atoms with van der Waals surface area (Å²) in [6, 6.07) is 10.8. The molecule has 3 heterocycles. The number of rotatable bonds is 5. The molecule has 3 aromatic heterocycles. The molecule has 0 spiro atoms. The van der Waals surface area contributed by atoms with Crippen molar-refractivity contribution < 1.29 is 0 Å². The van der Waals surface area contributed by atoms with Crippen molar-refractivity contribution in [3.05, 3.63) is 79.0 Å². The molecule has 1 aromatic carbocycles. The fourth-order valence-corrected chi connectivity index (χ4v) is 4.54. The van der Waals surface area contributed by atoms with Crippen molar-refractivity contribution in [2.24, 2.45) is 5.92 Å². The lowest BCUT2D eigenvalue weighted by Crippen LogP contribution is -2.25. The Morgan fingerprint density at radius 1 is 1.10 bits per heavy atom. The molecule has 30 heavy (non-hydrogen) atoms. The third-order valence-corrected chi connectivity index (χ3v) is 6.14. The number of hydrogen-bond donors (Lipinski definition) is 0. The van der Waals surface area contributed by atoms with Crippen molar-refractivity contribution in [2.75, 3.05) is 0 Å². The molecular formula is C22H21BrN4O2S. The van der Waals surface area contributed by atoms with Gasteiger partial charge in [0.05, 0.1) is 16.6 Å². The van der Waals surface area contributed by atoms with Gasteiger partial charge >= 0.3 is 0 Å². The molecule has 4 rings (SSSR count). The van der Waals surface area contributed by atoms with E-state index in [1.807, 2.05) is 37.3 Å². The van der Waals surface area contributed by atoms with E-state index in [1.54, 1.807) is 21.2 Å². The van der Waals surface area contributed by atoms with E-state index in [9.17, 15) is 9.59 Å². The smallest absolute Gasteiger partial charge is 0.262 e. The zero-order valence-corrected chi connectivity index (χ0v) is 19.3. The first kappa shape index (κ1) is 20.8. The zero-order valence-electron chi connectivity index (χ0n) is 16.9. The van der Waals surface area contributed by atoms with Crippen molar-refractivity contribution >= 4 is 44.2 Å². The summed E-state index contributed by atoms with van der Waals surface area (Å²) < 4.78 is 4.12. The first-order chi connectivity index (χ1) is 14.3. The topological polar surface area (TPSA) is 69.3 Å². The van der Waals surface area contributed by atoms with Gasteiger partial charge in [-0.25, -0.2) is 9.97 Å². The number of aryl methyl sites for hydroxylation is 1. The maximum absolute atomic E-state index is 13.1. The summed E-state index contributed by atoms with van der Waals surface area (Å²) >= 11 is 4.86. The summed E-state index contributed by atoms with van der Waals surface area (Å²) in [4.78, 5) is 34.9. The lowest BCUT2D eigenvalue weighted by molar-refractivity contribution is 0.475. The van der Waals surface area contributed by atoms with Gasteiger partial charge in [-0.3, -0.25) is 18.6 Å². The average molecular weight is 485 g/mol. The molecule has 0 aliphatic rings. The molecule has 0 saturated heterocycles. The maximum Gasteiger partial charge on any atom is 0.262 e. The fraction of sp³-hybridized carbons (Fsp3) is 0.273. The van der Waals surface area contributed by atoms with Crippen LogP contribution in [0.4, 0.5) is 0 Å². The second-order valence-corrected chi connectivity index (χ2v) is 9.53. The highest BCUT2D eigenvalue weighted by Crippen LogP contribution is 2.23. The quantitative estimate of drug-likeness (QED) is 0.309. The van der Waals surface area contributed by atoms with Crippen LogP contribution in [0.5, 0.6) is 0 Å². The van der Waals surface area contributed by atoms with Crippen molar-refractivity contribution in [3.8, 4) is 0 Å². The third-order valence-electron chi connectivity index (χ3n) is 4.64. The van der Waals surface area contributed by atoms with Crippen LogP contribution in [-0.4, -0.2) is 18.9 Å². The number of hydrogen-bond acceptors (Lipinski definition) is 5. The molecule has 0 atom stereocenters. The van der Waals surface area contributed by atoms with E-state index in [-0.39, 0.29) is 11.1 Å².